The van der Waals surface area contributed by atoms with Gasteiger partial charge in [0, 0.05) is 32.3 Å². The van der Waals surface area contributed by atoms with Crippen molar-refractivity contribution in [3.63, 3.8) is 0 Å². The Kier molecular flexibility index (Phi) is 6.78. The van der Waals surface area contributed by atoms with Gasteiger partial charge in [-0.3, -0.25) is 4.90 Å². The molecule has 2 atom stereocenters. The van der Waals surface area contributed by atoms with Crippen LogP contribution in [-0.2, 0) is 4.74 Å². The van der Waals surface area contributed by atoms with E-state index in [4.69, 9.17) is 10.5 Å². The average molecular weight is 263 g/mol. The van der Waals surface area contributed by atoms with Crippen LogP contribution in [-0.4, -0.2) is 43.8 Å². The minimum absolute atomic E-state index is 0. The van der Waals surface area contributed by atoms with E-state index in [2.05, 4.69) is 11.8 Å². The monoisotopic (exact) mass is 262 g/mol. The molecule has 0 aromatic rings. The molecule has 0 aromatic carbocycles. The predicted octanol–water partition coefficient (Wildman–Crippen LogP) is 1.89. The normalized spacial score (nSPS) is 32.1. The molecular weight excluding hydrogens is 236 g/mol. The maximum absolute atomic E-state index is 5.89. The van der Waals surface area contributed by atoms with E-state index in [1.807, 2.05) is 0 Å². The van der Waals surface area contributed by atoms with Crippen LogP contribution < -0.4 is 5.73 Å². The molecule has 0 aliphatic carbocycles. The minimum atomic E-state index is 0. The molecule has 102 valence electrons. The molecular formula is C13H27ClN2O. The molecule has 0 amide bonds. The maximum Gasteiger partial charge on any atom is 0.0469 e. The molecule has 0 aromatic heterocycles. The predicted molar refractivity (Wildman–Crippen MR) is 73.6 cm³/mol. The lowest BCUT2D eigenvalue weighted by atomic mass is 9.90. The van der Waals surface area contributed by atoms with Crippen LogP contribution in [0.5, 0.6) is 0 Å². The van der Waals surface area contributed by atoms with Gasteiger partial charge in [-0.05, 0) is 44.1 Å². The van der Waals surface area contributed by atoms with Crippen LogP contribution in [0.4, 0.5) is 0 Å². The van der Waals surface area contributed by atoms with Crippen LogP contribution in [0.2, 0.25) is 0 Å². The summed E-state index contributed by atoms with van der Waals surface area (Å²) in [4.78, 5) is 2.63. The van der Waals surface area contributed by atoms with Gasteiger partial charge in [-0.1, -0.05) is 6.92 Å². The highest BCUT2D eigenvalue weighted by atomic mass is 35.5. The molecule has 17 heavy (non-hydrogen) atoms. The van der Waals surface area contributed by atoms with Crippen molar-refractivity contribution in [3.8, 4) is 0 Å². The zero-order valence-electron chi connectivity index (χ0n) is 10.9. The first-order valence-corrected chi connectivity index (χ1v) is 6.81. The van der Waals surface area contributed by atoms with Crippen molar-refractivity contribution in [2.45, 2.75) is 38.6 Å². The Morgan fingerprint density at radius 1 is 1.24 bits per heavy atom. The molecule has 4 heteroatoms. The second kappa shape index (κ2) is 7.57. The summed E-state index contributed by atoms with van der Waals surface area (Å²) < 4.78 is 5.42. The van der Waals surface area contributed by atoms with Crippen molar-refractivity contribution < 1.29 is 4.74 Å². The van der Waals surface area contributed by atoms with Gasteiger partial charge in [0.15, 0.2) is 0 Å². The van der Waals surface area contributed by atoms with E-state index in [1.54, 1.807) is 0 Å². The Labute approximate surface area is 111 Å². The summed E-state index contributed by atoms with van der Waals surface area (Å²) in [6, 6.07) is 0.631. The van der Waals surface area contributed by atoms with Gasteiger partial charge in [0.05, 0.1) is 0 Å². The van der Waals surface area contributed by atoms with Crippen LogP contribution in [0, 0.1) is 11.8 Å². The average Bonchev–Trinajstić information content (AvgIpc) is 2.33. The van der Waals surface area contributed by atoms with Crippen LogP contribution in [0.1, 0.15) is 32.6 Å². The number of piperidine rings is 1. The molecule has 3 nitrogen and oxygen atoms in total. The van der Waals surface area contributed by atoms with Crippen molar-refractivity contribution in [2.75, 3.05) is 32.8 Å². The molecule has 2 aliphatic heterocycles. The molecule has 2 N–H and O–H groups in total. The Morgan fingerprint density at radius 3 is 2.59 bits per heavy atom. The summed E-state index contributed by atoms with van der Waals surface area (Å²) in [6.07, 6.45) is 5.12. The number of halogens is 1. The molecule has 2 fully saturated rings. The Morgan fingerprint density at radius 2 is 1.94 bits per heavy atom. The molecule has 0 radical (unpaired) electrons. The first-order valence-electron chi connectivity index (χ1n) is 6.81. The number of hydrogen-bond donors (Lipinski definition) is 1. The SMILES string of the molecule is C[C@@H]1CCN(CC2CCOCC2)[C@H](CN)C1.Cl. The van der Waals surface area contributed by atoms with Crippen molar-refractivity contribution >= 4 is 12.4 Å². The summed E-state index contributed by atoms with van der Waals surface area (Å²) >= 11 is 0. The highest BCUT2D eigenvalue weighted by molar-refractivity contribution is 5.85. The quantitative estimate of drug-likeness (QED) is 0.844. The Hall–Kier alpha value is 0.170. The van der Waals surface area contributed by atoms with Gasteiger partial charge in [-0.15, -0.1) is 12.4 Å². The summed E-state index contributed by atoms with van der Waals surface area (Å²) in [6.45, 7) is 7.60. The van der Waals surface area contributed by atoms with E-state index in [1.165, 1.54) is 38.8 Å². The standard InChI is InChI=1S/C13H26N2O.ClH/c1-11-2-5-15(13(8-11)9-14)10-12-3-6-16-7-4-12;/h11-13H,2-10,14H2,1H3;1H/t11-,13+;/m1./s1. The van der Waals surface area contributed by atoms with E-state index in [9.17, 15) is 0 Å². The number of rotatable bonds is 3. The van der Waals surface area contributed by atoms with Gasteiger partial charge in [-0.25, -0.2) is 0 Å². The second-order valence-electron chi connectivity index (χ2n) is 5.57. The maximum atomic E-state index is 5.89. The second-order valence-corrected chi connectivity index (χ2v) is 5.57. The zero-order chi connectivity index (χ0) is 11.4. The lowest BCUT2D eigenvalue weighted by Gasteiger charge is -2.40. The molecule has 0 bridgehead atoms. The van der Waals surface area contributed by atoms with Crippen LogP contribution in [0.15, 0.2) is 0 Å². The fourth-order valence-corrected chi connectivity index (χ4v) is 3.05. The van der Waals surface area contributed by atoms with E-state index in [0.29, 0.717) is 6.04 Å². The molecule has 2 rings (SSSR count). The van der Waals surface area contributed by atoms with E-state index < -0.39 is 0 Å². The van der Waals surface area contributed by atoms with Gasteiger partial charge in [0.2, 0.25) is 0 Å². The summed E-state index contributed by atoms with van der Waals surface area (Å²) in [5.74, 6) is 1.70. The summed E-state index contributed by atoms with van der Waals surface area (Å²) in [5.41, 5.74) is 5.89. The first-order chi connectivity index (χ1) is 7.79. The lowest BCUT2D eigenvalue weighted by molar-refractivity contribution is 0.0343. The molecule has 0 saturated carbocycles. The van der Waals surface area contributed by atoms with E-state index in [-0.39, 0.29) is 12.4 Å². The number of nitrogens with zero attached hydrogens (tertiary/aromatic N) is 1. The lowest BCUT2D eigenvalue weighted by Crippen LogP contribution is -2.48. The van der Waals surface area contributed by atoms with Gasteiger partial charge in [0.25, 0.3) is 0 Å². The highest BCUT2D eigenvalue weighted by Crippen LogP contribution is 2.25. The van der Waals surface area contributed by atoms with Gasteiger partial charge >= 0.3 is 0 Å². The summed E-state index contributed by atoms with van der Waals surface area (Å²) in [7, 11) is 0. The number of likely N-dealkylation sites (tertiary alicyclic amines) is 1. The first kappa shape index (κ1) is 15.2. The van der Waals surface area contributed by atoms with Gasteiger partial charge in [-0.2, -0.15) is 0 Å². The Bertz CT molecular complexity index is 210. The number of hydrogen-bond acceptors (Lipinski definition) is 3. The van der Waals surface area contributed by atoms with Crippen molar-refractivity contribution in [1.82, 2.24) is 4.90 Å². The van der Waals surface area contributed by atoms with Gasteiger partial charge < -0.3 is 10.5 Å². The molecule has 0 spiro atoms. The number of ether oxygens (including phenoxy) is 1. The third-order valence-electron chi connectivity index (χ3n) is 4.21. The fraction of sp³-hybridized carbons (Fsp3) is 1.00. The third-order valence-corrected chi connectivity index (χ3v) is 4.21. The fourth-order valence-electron chi connectivity index (χ4n) is 3.05. The molecule has 2 heterocycles. The van der Waals surface area contributed by atoms with Gasteiger partial charge in [0.1, 0.15) is 0 Å². The van der Waals surface area contributed by atoms with Crippen LogP contribution in [0.3, 0.4) is 0 Å². The number of nitrogens with two attached hydrogens (primary N) is 1. The smallest absolute Gasteiger partial charge is 0.0469 e. The molecule has 2 saturated heterocycles. The van der Waals surface area contributed by atoms with E-state index in [0.717, 1.165) is 31.6 Å². The van der Waals surface area contributed by atoms with Crippen LogP contribution in [0.25, 0.3) is 0 Å². The largest absolute Gasteiger partial charge is 0.381 e. The summed E-state index contributed by atoms with van der Waals surface area (Å²) in [5, 5.41) is 0. The highest BCUT2D eigenvalue weighted by Gasteiger charge is 2.27. The van der Waals surface area contributed by atoms with Crippen molar-refractivity contribution in [3.05, 3.63) is 0 Å². The van der Waals surface area contributed by atoms with Crippen molar-refractivity contribution in [1.29, 1.82) is 0 Å². The minimum Gasteiger partial charge on any atom is -0.381 e. The molecule has 2 aliphatic rings. The Balaban J connectivity index is 0.00000144. The van der Waals surface area contributed by atoms with Crippen LogP contribution >= 0.6 is 12.4 Å². The molecule has 0 unspecified atom stereocenters. The van der Waals surface area contributed by atoms with Crippen molar-refractivity contribution in [2.24, 2.45) is 17.6 Å². The topological polar surface area (TPSA) is 38.5 Å². The van der Waals surface area contributed by atoms with E-state index >= 15 is 0 Å². The third kappa shape index (κ3) is 4.40. The zero-order valence-corrected chi connectivity index (χ0v) is 11.8.